The third-order valence-electron chi connectivity index (χ3n) is 6.76. The SMILES string of the molecule is CC(C)C(=O)N1CCC(C[C@@H]2CC(c3ccccc3)=NO2)(C(=O)NCc2ccccc2)CC1. The number of nitrogens with zero attached hydrogens (tertiary/aromatic N) is 2. The van der Waals surface area contributed by atoms with E-state index in [4.69, 9.17) is 4.84 Å². The van der Waals surface area contributed by atoms with Gasteiger partial charge in [0.25, 0.3) is 0 Å². The molecule has 2 aromatic rings. The van der Waals surface area contributed by atoms with Crippen molar-refractivity contribution < 1.29 is 14.4 Å². The third kappa shape index (κ3) is 5.44. The van der Waals surface area contributed by atoms with Crippen LogP contribution in [0, 0.1) is 11.3 Å². The van der Waals surface area contributed by atoms with Gasteiger partial charge < -0.3 is 15.1 Å². The Balaban J connectivity index is 1.45. The molecule has 2 aliphatic rings. The summed E-state index contributed by atoms with van der Waals surface area (Å²) in [6.07, 6.45) is 2.40. The van der Waals surface area contributed by atoms with Gasteiger partial charge in [-0.25, -0.2) is 0 Å². The van der Waals surface area contributed by atoms with Gasteiger partial charge >= 0.3 is 0 Å². The van der Waals surface area contributed by atoms with Crippen LogP contribution in [0.2, 0.25) is 0 Å². The van der Waals surface area contributed by atoms with Crippen LogP contribution < -0.4 is 5.32 Å². The predicted octanol–water partition coefficient (Wildman–Crippen LogP) is 4.15. The second-order valence-corrected chi connectivity index (χ2v) is 9.47. The zero-order chi connectivity index (χ0) is 23.3. The van der Waals surface area contributed by atoms with Crippen LogP contribution in [0.3, 0.4) is 0 Å². The number of oxime groups is 1. The van der Waals surface area contributed by atoms with E-state index in [-0.39, 0.29) is 23.8 Å². The van der Waals surface area contributed by atoms with E-state index in [0.29, 0.717) is 45.3 Å². The average Bonchev–Trinajstić information content (AvgIpc) is 3.32. The first-order chi connectivity index (χ1) is 16.0. The first-order valence-electron chi connectivity index (χ1n) is 11.9. The van der Waals surface area contributed by atoms with E-state index in [0.717, 1.165) is 16.8 Å². The number of carbonyl (C=O) groups excluding carboxylic acids is 2. The normalized spacial score (nSPS) is 19.7. The second kappa shape index (κ2) is 10.2. The summed E-state index contributed by atoms with van der Waals surface area (Å²) in [6, 6.07) is 20.0. The van der Waals surface area contributed by atoms with Crippen molar-refractivity contribution in [3.8, 4) is 0 Å². The van der Waals surface area contributed by atoms with Crippen LogP contribution in [0.15, 0.2) is 65.8 Å². The van der Waals surface area contributed by atoms with Gasteiger partial charge in [-0.1, -0.05) is 79.7 Å². The van der Waals surface area contributed by atoms with Gasteiger partial charge in [-0.2, -0.15) is 0 Å². The number of carbonyl (C=O) groups is 2. The summed E-state index contributed by atoms with van der Waals surface area (Å²) in [4.78, 5) is 33.8. The summed E-state index contributed by atoms with van der Waals surface area (Å²) >= 11 is 0. The predicted molar refractivity (Wildman–Crippen MR) is 128 cm³/mol. The van der Waals surface area contributed by atoms with Crippen LogP contribution >= 0.6 is 0 Å². The summed E-state index contributed by atoms with van der Waals surface area (Å²) in [5.74, 6) is 0.157. The lowest BCUT2D eigenvalue weighted by atomic mass is 9.72. The summed E-state index contributed by atoms with van der Waals surface area (Å²) in [5, 5.41) is 7.48. The monoisotopic (exact) mass is 447 g/mol. The molecule has 2 aromatic carbocycles. The molecule has 6 heteroatoms. The summed E-state index contributed by atoms with van der Waals surface area (Å²) in [5.41, 5.74) is 2.47. The fraction of sp³-hybridized carbons (Fsp3) is 0.444. The largest absolute Gasteiger partial charge is 0.392 e. The van der Waals surface area contributed by atoms with Crippen LogP contribution in [0.1, 0.15) is 50.7 Å². The van der Waals surface area contributed by atoms with E-state index in [1.165, 1.54) is 0 Å². The molecule has 0 unspecified atom stereocenters. The number of nitrogens with one attached hydrogen (secondary N) is 1. The molecule has 1 saturated heterocycles. The van der Waals surface area contributed by atoms with Gasteiger partial charge in [-0.15, -0.1) is 0 Å². The highest BCUT2D eigenvalue weighted by atomic mass is 16.6. The molecule has 1 fully saturated rings. The quantitative estimate of drug-likeness (QED) is 0.693. The fourth-order valence-electron chi connectivity index (χ4n) is 4.78. The number of amides is 2. The zero-order valence-corrected chi connectivity index (χ0v) is 19.5. The summed E-state index contributed by atoms with van der Waals surface area (Å²) in [6.45, 7) is 5.52. The van der Waals surface area contributed by atoms with Crippen molar-refractivity contribution >= 4 is 17.5 Å². The number of likely N-dealkylation sites (tertiary alicyclic amines) is 1. The van der Waals surface area contributed by atoms with Gasteiger partial charge in [-0.3, -0.25) is 9.59 Å². The molecule has 2 heterocycles. The molecule has 0 spiro atoms. The Labute approximate surface area is 196 Å². The van der Waals surface area contributed by atoms with E-state index in [1.807, 2.05) is 79.4 Å². The van der Waals surface area contributed by atoms with Crippen LogP contribution in [0.25, 0.3) is 0 Å². The van der Waals surface area contributed by atoms with Crippen molar-refractivity contribution in [1.29, 1.82) is 0 Å². The van der Waals surface area contributed by atoms with Crippen LogP contribution in [0.5, 0.6) is 0 Å². The number of hydrogen-bond donors (Lipinski definition) is 1. The van der Waals surface area contributed by atoms with E-state index >= 15 is 0 Å². The van der Waals surface area contributed by atoms with Gasteiger partial charge in [0.2, 0.25) is 11.8 Å². The van der Waals surface area contributed by atoms with E-state index < -0.39 is 5.41 Å². The summed E-state index contributed by atoms with van der Waals surface area (Å²) < 4.78 is 0. The maximum atomic E-state index is 13.5. The van der Waals surface area contributed by atoms with Crippen molar-refractivity contribution in [3.63, 3.8) is 0 Å². The van der Waals surface area contributed by atoms with Crippen molar-refractivity contribution in [2.45, 2.75) is 52.2 Å². The topological polar surface area (TPSA) is 71.0 Å². The minimum Gasteiger partial charge on any atom is -0.392 e. The van der Waals surface area contributed by atoms with Crippen molar-refractivity contribution in [2.75, 3.05) is 13.1 Å². The average molecular weight is 448 g/mol. The molecule has 0 aliphatic carbocycles. The number of rotatable bonds is 7. The molecule has 0 saturated carbocycles. The lowest BCUT2D eigenvalue weighted by Crippen LogP contribution is -2.52. The number of benzene rings is 2. The highest BCUT2D eigenvalue weighted by molar-refractivity contribution is 6.01. The first kappa shape index (κ1) is 23.0. The van der Waals surface area contributed by atoms with Gasteiger partial charge in [0, 0.05) is 38.4 Å². The Morgan fingerprint density at radius 2 is 1.70 bits per heavy atom. The lowest BCUT2D eigenvalue weighted by Gasteiger charge is -2.42. The van der Waals surface area contributed by atoms with Gasteiger partial charge in [0.15, 0.2) is 0 Å². The van der Waals surface area contributed by atoms with Crippen LogP contribution in [-0.4, -0.2) is 41.6 Å². The molecular formula is C27H33N3O3. The third-order valence-corrected chi connectivity index (χ3v) is 6.76. The molecule has 1 N–H and O–H groups in total. The summed E-state index contributed by atoms with van der Waals surface area (Å²) in [7, 11) is 0. The molecule has 0 radical (unpaired) electrons. The molecule has 6 nitrogen and oxygen atoms in total. The van der Waals surface area contributed by atoms with Gasteiger partial charge in [0.1, 0.15) is 6.10 Å². The van der Waals surface area contributed by atoms with E-state index in [1.54, 1.807) is 0 Å². The Kier molecular flexibility index (Phi) is 7.11. The number of hydrogen-bond acceptors (Lipinski definition) is 4. The number of piperidine rings is 1. The maximum absolute atomic E-state index is 13.5. The molecule has 33 heavy (non-hydrogen) atoms. The zero-order valence-electron chi connectivity index (χ0n) is 19.5. The highest BCUT2D eigenvalue weighted by Crippen LogP contribution is 2.39. The lowest BCUT2D eigenvalue weighted by molar-refractivity contribution is -0.144. The minimum atomic E-state index is -0.575. The molecule has 174 valence electrons. The molecule has 0 bridgehead atoms. The van der Waals surface area contributed by atoms with Crippen molar-refractivity contribution in [1.82, 2.24) is 10.2 Å². The molecule has 1 atom stereocenters. The highest BCUT2D eigenvalue weighted by Gasteiger charge is 2.45. The second-order valence-electron chi connectivity index (χ2n) is 9.47. The maximum Gasteiger partial charge on any atom is 0.226 e. The standard InChI is InChI=1S/C27H33N3O3/c1-20(2)25(31)30-15-13-27(14-16-30,26(32)28-19-21-9-5-3-6-10-21)18-23-17-24(29-33-23)22-11-7-4-8-12-22/h3-12,20,23H,13-19H2,1-2H3,(H,28,32)/t23-/m0/s1. The molecule has 4 rings (SSSR count). The van der Waals surface area contributed by atoms with Crippen LogP contribution in [0.4, 0.5) is 0 Å². The fourth-order valence-corrected chi connectivity index (χ4v) is 4.78. The van der Waals surface area contributed by atoms with Crippen molar-refractivity contribution in [3.05, 3.63) is 71.8 Å². The molecular weight excluding hydrogens is 414 g/mol. The van der Waals surface area contributed by atoms with E-state index in [9.17, 15) is 9.59 Å². The van der Waals surface area contributed by atoms with E-state index in [2.05, 4.69) is 10.5 Å². The molecule has 0 aromatic heterocycles. The Bertz CT molecular complexity index is 980. The van der Waals surface area contributed by atoms with Gasteiger partial charge in [-0.05, 0) is 24.0 Å². The smallest absolute Gasteiger partial charge is 0.226 e. The Morgan fingerprint density at radius 3 is 2.33 bits per heavy atom. The minimum absolute atomic E-state index is 0.0376. The van der Waals surface area contributed by atoms with Crippen LogP contribution in [-0.2, 0) is 21.0 Å². The Morgan fingerprint density at radius 1 is 1.06 bits per heavy atom. The molecule has 2 amide bonds. The van der Waals surface area contributed by atoms with Gasteiger partial charge in [0.05, 0.1) is 11.1 Å². The van der Waals surface area contributed by atoms with Crippen molar-refractivity contribution in [2.24, 2.45) is 16.5 Å². The first-order valence-corrected chi connectivity index (χ1v) is 11.9. The Hall–Kier alpha value is -3.15. The molecule has 2 aliphatic heterocycles.